The maximum Gasteiger partial charge on any atom is 0.0849 e. The summed E-state index contributed by atoms with van der Waals surface area (Å²) in [6.07, 6.45) is 3.52. The van der Waals surface area contributed by atoms with Crippen molar-refractivity contribution in [2.45, 2.75) is 38.6 Å². The fourth-order valence-corrected chi connectivity index (χ4v) is 1.85. The summed E-state index contributed by atoms with van der Waals surface area (Å²) < 4.78 is 0. The normalized spacial score (nSPS) is 16.6. The van der Waals surface area contributed by atoms with Crippen molar-refractivity contribution < 1.29 is 0 Å². The Kier molecular flexibility index (Phi) is 1.51. The molecule has 2 rings (SSSR count). The predicted octanol–water partition coefficient (Wildman–Crippen LogP) is 1.09. The van der Waals surface area contributed by atoms with E-state index >= 15 is 0 Å². The third kappa shape index (κ3) is 1.05. The van der Waals surface area contributed by atoms with E-state index in [-0.39, 0.29) is 5.54 Å². The van der Waals surface area contributed by atoms with Crippen LogP contribution in [0, 0.1) is 0 Å². The second kappa shape index (κ2) is 2.33. The molecule has 12 heavy (non-hydrogen) atoms. The molecule has 3 nitrogen and oxygen atoms in total. The van der Waals surface area contributed by atoms with Gasteiger partial charge in [0.1, 0.15) is 0 Å². The fraction of sp³-hybridized carbons (Fsp3) is 0.667. The minimum Gasteiger partial charge on any atom is -0.321 e. The Balaban J connectivity index is 2.46. The quantitative estimate of drug-likeness (QED) is 0.654. The summed E-state index contributed by atoms with van der Waals surface area (Å²) in [4.78, 5) is 0. The monoisotopic (exact) mass is 165 g/mol. The van der Waals surface area contributed by atoms with E-state index in [1.54, 1.807) is 0 Å². The SMILES string of the molecule is CC(C)(N)c1n[nH]c2c1CCC2. The first-order chi connectivity index (χ1) is 5.59. The number of H-pyrrole nitrogens is 1. The maximum absolute atomic E-state index is 5.99. The fourth-order valence-electron chi connectivity index (χ4n) is 1.85. The molecule has 3 heteroatoms. The number of nitrogens with two attached hydrogens (primary N) is 1. The first-order valence-electron chi connectivity index (χ1n) is 4.44. The van der Waals surface area contributed by atoms with Gasteiger partial charge in [-0.05, 0) is 38.7 Å². The average molecular weight is 165 g/mol. The third-order valence-corrected chi connectivity index (χ3v) is 2.42. The molecule has 0 amide bonds. The zero-order valence-electron chi connectivity index (χ0n) is 7.65. The minimum atomic E-state index is -0.297. The van der Waals surface area contributed by atoms with Crippen LogP contribution < -0.4 is 5.73 Å². The van der Waals surface area contributed by atoms with Gasteiger partial charge in [-0.25, -0.2) is 0 Å². The molecule has 0 aromatic carbocycles. The summed E-state index contributed by atoms with van der Waals surface area (Å²) in [7, 11) is 0. The van der Waals surface area contributed by atoms with Crippen molar-refractivity contribution in [3.05, 3.63) is 17.0 Å². The van der Waals surface area contributed by atoms with Gasteiger partial charge >= 0.3 is 0 Å². The molecule has 66 valence electrons. The van der Waals surface area contributed by atoms with Crippen molar-refractivity contribution in [2.24, 2.45) is 5.73 Å². The molecule has 1 aromatic rings. The maximum atomic E-state index is 5.99. The molecule has 0 saturated heterocycles. The van der Waals surface area contributed by atoms with Crippen LogP contribution in [0.4, 0.5) is 0 Å². The van der Waals surface area contributed by atoms with Crippen molar-refractivity contribution in [3.8, 4) is 0 Å². The number of fused-ring (bicyclic) bond motifs is 1. The number of hydrogen-bond acceptors (Lipinski definition) is 2. The van der Waals surface area contributed by atoms with Gasteiger partial charge < -0.3 is 5.73 Å². The van der Waals surface area contributed by atoms with Crippen molar-refractivity contribution >= 4 is 0 Å². The van der Waals surface area contributed by atoms with E-state index in [2.05, 4.69) is 10.2 Å². The highest BCUT2D eigenvalue weighted by Crippen LogP contribution is 2.28. The summed E-state index contributed by atoms with van der Waals surface area (Å²) in [5.41, 5.74) is 9.40. The van der Waals surface area contributed by atoms with Gasteiger partial charge in [-0.1, -0.05) is 0 Å². The molecule has 1 heterocycles. The molecule has 0 atom stereocenters. The van der Waals surface area contributed by atoms with E-state index in [0.29, 0.717) is 0 Å². The predicted molar refractivity (Wildman–Crippen MR) is 47.8 cm³/mol. The van der Waals surface area contributed by atoms with E-state index in [1.807, 2.05) is 13.8 Å². The van der Waals surface area contributed by atoms with Crippen molar-refractivity contribution in [1.82, 2.24) is 10.2 Å². The zero-order chi connectivity index (χ0) is 8.77. The van der Waals surface area contributed by atoms with Gasteiger partial charge in [-0.2, -0.15) is 5.10 Å². The van der Waals surface area contributed by atoms with Crippen LogP contribution in [0.5, 0.6) is 0 Å². The van der Waals surface area contributed by atoms with E-state index in [4.69, 9.17) is 5.73 Å². The van der Waals surface area contributed by atoms with Crippen LogP contribution in [0.15, 0.2) is 0 Å². The molecule has 1 aliphatic carbocycles. The standard InChI is InChI=1S/C9H15N3/c1-9(2,10)8-6-4-3-5-7(6)11-12-8/h3-5,10H2,1-2H3,(H,11,12). The van der Waals surface area contributed by atoms with Crippen molar-refractivity contribution in [2.75, 3.05) is 0 Å². The zero-order valence-corrected chi connectivity index (χ0v) is 7.65. The molecule has 0 bridgehead atoms. The lowest BCUT2D eigenvalue weighted by atomic mass is 9.97. The number of rotatable bonds is 1. The number of aryl methyl sites for hydroxylation is 1. The Morgan fingerprint density at radius 1 is 1.42 bits per heavy atom. The topological polar surface area (TPSA) is 54.7 Å². The van der Waals surface area contributed by atoms with Gasteiger partial charge in [-0.3, -0.25) is 5.10 Å². The second-order valence-corrected chi connectivity index (χ2v) is 4.10. The van der Waals surface area contributed by atoms with Crippen LogP contribution in [0.2, 0.25) is 0 Å². The lowest BCUT2D eigenvalue weighted by molar-refractivity contribution is 0.527. The summed E-state index contributed by atoms with van der Waals surface area (Å²) in [5, 5.41) is 7.32. The highest BCUT2D eigenvalue weighted by Gasteiger charge is 2.26. The second-order valence-electron chi connectivity index (χ2n) is 4.10. The molecule has 0 unspecified atom stereocenters. The van der Waals surface area contributed by atoms with Crippen molar-refractivity contribution in [1.29, 1.82) is 0 Å². The van der Waals surface area contributed by atoms with Crippen LogP contribution in [-0.2, 0) is 18.4 Å². The van der Waals surface area contributed by atoms with Gasteiger partial charge in [0.25, 0.3) is 0 Å². The number of aromatic amines is 1. The number of aromatic nitrogens is 2. The highest BCUT2D eigenvalue weighted by molar-refractivity contribution is 5.33. The molecule has 0 saturated carbocycles. The molecule has 0 radical (unpaired) electrons. The van der Waals surface area contributed by atoms with E-state index in [0.717, 1.165) is 18.5 Å². The Bertz CT molecular complexity index is 293. The molecule has 1 aromatic heterocycles. The van der Waals surface area contributed by atoms with Crippen LogP contribution in [0.3, 0.4) is 0 Å². The Morgan fingerprint density at radius 3 is 2.83 bits per heavy atom. The van der Waals surface area contributed by atoms with Gasteiger partial charge in [0.2, 0.25) is 0 Å². The molecule has 0 aliphatic heterocycles. The van der Waals surface area contributed by atoms with Gasteiger partial charge in [0.15, 0.2) is 0 Å². The average Bonchev–Trinajstić information content (AvgIpc) is 2.37. The lowest BCUT2D eigenvalue weighted by Crippen LogP contribution is -2.30. The number of nitrogens with one attached hydrogen (secondary N) is 1. The van der Waals surface area contributed by atoms with E-state index in [9.17, 15) is 0 Å². The summed E-state index contributed by atoms with van der Waals surface area (Å²) in [5.74, 6) is 0. The summed E-state index contributed by atoms with van der Waals surface area (Å²) in [6.45, 7) is 4.00. The smallest absolute Gasteiger partial charge is 0.0849 e. The first-order valence-corrected chi connectivity index (χ1v) is 4.44. The van der Waals surface area contributed by atoms with Crippen LogP contribution in [0.1, 0.15) is 37.2 Å². The molecule has 1 aliphatic rings. The number of nitrogens with zero attached hydrogens (tertiary/aromatic N) is 1. The minimum absolute atomic E-state index is 0.297. The molecule has 3 N–H and O–H groups in total. The van der Waals surface area contributed by atoms with Crippen LogP contribution >= 0.6 is 0 Å². The Morgan fingerprint density at radius 2 is 2.17 bits per heavy atom. The van der Waals surface area contributed by atoms with Crippen LogP contribution in [0.25, 0.3) is 0 Å². The third-order valence-electron chi connectivity index (χ3n) is 2.42. The Labute approximate surface area is 72.4 Å². The number of hydrogen-bond donors (Lipinski definition) is 2. The first kappa shape index (κ1) is 7.80. The van der Waals surface area contributed by atoms with Crippen LogP contribution in [-0.4, -0.2) is 10.2 Å². The Hall–Kier alpha value is -0.830. The largest absolute Gasteiger partial charge is 0.321 e. The summed E-state index contributed by atoms with van der Waals surface area (Å²) >= 11 is 0. The van der Waals surface area contributed by atoms with E-state index < -0.39 is 0 Å². The lowest BCUT2D eigenvalue weighted by Gasteiger charge is -2.16. The van der Waals surface area contributed by atoms with Gasteiger partial charge in [-0.15, -0.1) is 0 Å². The molecular formula is C9H15N3. The molecule has 0 fully saturated rings. The van der Waals surface area contributed by atoms with E-state index in [1.165, 1.54) is 17.7 Å². The van der Waals surface area contributed by atoms with Gasteiger partial charge in [0, 0.05) is 5.69 Å². The molecule has 0 spiro atoms. The summed E-state index contributed by atoms with van der Waals surface area (Å²) in [6, 6.07) is 0. The molecular weight excluding hydrogens is 150 g/mol. The highest BCUT2D eigenvalue weighted by atomic mass is 15.1. The van der Waals surface area contributed by atoms with Crippen molar-refractivity contribution in [3.63, 3.8) is 0 Å². The van der Waals surface area contributed by atoms with Gasteiger partial charge in [0.05, 0.1) is 11.2 Å².